The molecule has 2 rings (SSSR count). The van der Waals surface area contributed by atoms with Crippen LogP contribution in [0.15, 0.2) is 24.5 Å². The fourth-order valence-electron chi connectivity index (χ4n) is 2.79. The molecule has 0 bridgehead atoms. The van der Waals surface area contributed by atoms with Crippen molar-refractivity contribution >= 4 is 11.9 Å². The zero-order chi connectivity index (χ0) is 16.1. The Balaban J connectivity index is 1.79. The molecule has 1 aliphatic rings. The summed E-state index contributed by atoms with van der Waals surface area (Å²) in [6, 6.07) is 4.11. The van der Waals surface area contributed by atoms with Crippen molar-refractivity contribution in [2.45, 2.75) is 44.7 Å². The number of pyridine rings is 1. The van der Waals surface area contributed by atoms with E-state index in [2.05, 4.69) is 10.3 Å². The predicted molar refractivity (Wildman–Crippen MR) is 82.5 cm³/mol. The number of carboxylic acid groups (broad SMARTS) is 1. The second kappa shape index (κ2) is 7.35. The molecule has 0 spiro atoms. The van der Waals surface area contributed by atoms with Gasteiger partial charge in [-0.15, -0.1) is 0 Å². The van der Waals surface area contributed by atoms with Gasteiger partial charge >= 0.3 is 5.97 Å². The topological polar surface area (TPSA) is 82.5 Å². The van der Waals surface area contributed by atoms with Crippen molar-refractivity contribution in [1.82, 2.24) is 15.2 Å². The van der Waals surface area contributed by atoms with Crippen molar-refractivity contribution in [3.63, 3.8) is 0 Å². The quantitative estimate of drug-likeness (QED) is 0.792. The lowest BCUT2D eigenvalue weighted by atomic mass is 9.84. The normalized spacial score (nSPS) is 22.0. The fourth-order valence-corrected chi connectivity index (χ4v) is 2.79. The van der Waals surface area contributed by atoms with Gasteiger partial charge in [-0.05, 0) is 37.9 Å². The summed E-state index contributed by atoms with van der Waals surface area (Å²) in [4.78, 5) is 29.0. The van der Waals surface area contributed by atoms with Gasteiger partial charge in [0.05, 0.1) is 12.5 Å². The number of aliphatic carboxylic acids is 1. The maximum absolute atomic E-state index is 12.2. The molecule has 1 aliphatic carbocycles. The van der Waals surface area contributed by atoms with Crippen molar-refractivity contribution < 1.29 is 14.7 Å². The SMILES string of the molecule is CCN(CC(=O)O)C1CC(NC(=O)[C@H](C)c2cccnc2)C1. The van der Waals surface area contributed by atoms with E-state index in [1.54, 1.807) is 12.4 Å². The first-order chi connectivity index (χ1) is 10.5. The van der Waals surface area contributed by atoms with Crippen LogP contribution < -0.4 is 5.32 Å². The number of hydrogen-bond acceptors (Lipinski definition) is 4. The number of carbonyl (C=O) groups is 2. The Morgan fingerprint density at radius 2 is 2.23 bits per heavy atom. The summed E-state index contributed by atoms with van der Waals surface area (Å²) in [5.74, 6) is -1.04. The van der Waals surface area contributed by atoms with Crippen LogP contribution in [0.5, 0.6) is 0 Å². The molecule has 6 nitrogen and oxygen atoms in total. The van der Waals surface area contributed by atoms with Crippen LogP contribution in [0.25, 0.3) is 0 Å². The Kier molecular flexibility index (Phi) is 5.49. The maximum atomic E-state index is 12.2. The molecule has 6 heteroatoms. The van der Waals surface area contributed by atoms with E-state index in [0.29, 0.717) is 6.54 Å². The van der Waals surface area contributed by atoms with Gasteiger partial charge in [0.25, 0.3) is 0 Å². The third-order valence-electron chi connectivity index (χ3n) is 4.30. The van der Waals surface area contributed by atoms with E-state index in [0.717, 1.165) is 18.4 Å². The Morgan fingerprint density at radius 1 is 1.50 bits per heavy atom. The smallest absolute Gasteiger partial charge is 0.317 e. The van der Waals surface area contributed by atoms with Crippen LogP contribution >= 0.6 is 0 Å². The number of carbonyl (C=O) groups excluding carboxylic acids is 1. The minimum Gasteiger partial charge on any atom is -0.480 e. The average Bonchev–Trinajstić information content (AvgIpc) is 2.48. The van der Waals surface area contributed by atoms with Gasteiger partial charge in [-0.2, -0.15) is 0 Å². The van der Waals surface area contributed by atoms with Gasteiger partial charge in [-0.1, -0.05) is 13.0 Å². The third-order valence-corrected chi connectivity index (χ3v) is 4.30. The number of likely N-dealkylation sites (N-methyl/N-ethyl adjacent to an activating group) is 1. The van der Waals surface area contributed by atoms with Gasteiger partial charge in [-0.25, -0.2) is 0 Å². The van der Waals surface area contributed by atoms with Crippen molar-refractivity contribution in [2.75, 3.05) is 13.1 Å². The number of amides is 1. The van der Waals surface area contributed by atoms with Gasteiger partial charge in [0.1, 0.15) is 0 Å². The van der Waals surface area contributed by atoms with Crippen LogP contribution in [0.1, 0.15) is 38.2 Å². The van der Waals surface area contributed by atoms with Crippen molar-refractivity contribution in [3.8, 4) is 0 Å². The highest BCUT2D eigenvalue weighted by atomic mass is 16.4. The van der Waals surface area contributed by atoms with Crippen LogP contribution in [0.2, 0.25) is 0 Å². The molecular formula is C16H23N3O3. The average molecular weight is 305 g/mol. The highest BCUT2D eigenvalue weighted by Gasteiger charge is 2.35. The van der Waals surface area contributed by atoms with E-state index in [1.165, 1.54) is 0 Å². The summed E-state index contributed by atoms with van der Waals surface area (Å²) >= 11 is 0. The van der Waals surface area contributed by atoms with E-state index in [4.69, 9.17) is 5.11 Å². The number of carboxylic acids is 1. The lowest BCUT2D eigenvalue weighted by Crippen LogP contribution is -2.55. The molecule has 120 valence electrons. The number of hydrogen-bond donors (Lipinski definition) is 2. The molecule has 1 atom stereocenters. The first-order valence-corrected chi connectivity index (χ1v) is 7.67. The molecule has 1 heterocycles. The highest BCUT2D eigenvalue weighted by Crippen LogP contribution is 2.26. The first-order valence-electron chi connectivity index (χ1n) is 7.67. The number of nitrogens with zero attached hydrogens (tertiary/aromatic N) is 2. The Hall–Kier alpha value is -1.95. The molecule has 2 N–H and O–H groups in total. The van der Waals surface area contributed by atoms with Crippen LogP contribution in [0.4, 0.5) is 0 Å². The van der Waals surface area contributed by atoms with Crippen molar-refractivity contribution in [2.24, 2.45) is 0 Å². The Morgan fingerprint density at radius 3 is 2.77 bits per heavy atom. The van der Waals surface area contributed by atoms with E-state index in [9.17, 15) is 9.59 Å². The molecule has 0 saturated heterocycles. The zero-order valence-electron chi connectivity index (χ0n) is 13.0. The molecular weight excluding hydrogens is 282 g/mol. The molecule has 1 amide bonds. The van der Waals surface area contributed by atoms with Crippen molar-refractivity contribution in [3.05, 3.63) is 30.1 Å². The summed E-state index contributed by atoms with van der Waals surface area (Å²) in [6.07, 6.45) is 5.02. The Labute approximate surface area is 130 Å². The lowest BCUT2D eigenvalue weighted by Gasteiger charge is -2.42. The molecule has 0 radical (unpaired) electrons. The molecule has 1 aromatic heterocycles. The summed E-state index contributed by atoms with van der Waals surface area (Å²) in [7, 11) is 0. The lowest BCUT2D eigenvalue weighted by molar-refractivity contribution is -0.139. The van der Waals surface area contributed by atoms with Gasteiger partial charge < -0.3 is 10.4 Å². The second-order valence-electron chi connectivity index (χ2n) is 5.80. The highest BCUT2D eigenvalue weighted by molar-refractivity contribution is 5.83. The first kappa shape index (κ1) is 16.4. The van der Waals surface area contributed by atoms with E-state index < -0.39 is 5.97 Å². The molecule has 1 saturated carbocycles. The largest absolute Gasteiger partial charge is 0.480 e. The van der Waals surface area contributed by atoms with Crippen LogP contribution in [0.3, 0.4) is 0 Å². The monoisotopic (exact) mass is 305 g/mol. The molecule has 1 fully saturated rings. The van der Waals surface area contributed by atoms with Gasteiger partial charge in [0.2, 0.25) is 5.91 Å². The molecule has 0 aromatic carbocycles. The number of rotatable bonds is 7. The number of aromatic nitrogens is 1. The van der Waals surface area contributed by atoms with E-state index >= 15 is 0 Å². The summed E-state index contributed by atoms with van der Waals surface area (Å²) < 4.78 is 0. The van der Waals surface area contributed by atoms with Crippen LogP contribution in [-0.2, 0) is 9.59 Å². The van der Waals surface area contributed by atoms with E-state index in [-0.39, 0.29) is 30.5 Å². The van der Waals surface area contributed by atoms with Crippen molar-refractivity contribution in [1.29, 1.82) is 0 Å². The van der Waals surface area contributed by atoms with Crippen LogP contribution in [-0.4, -0.2) is 52.0 Å². The summed E-state index contributed by atoms with van der Waals surface area (Å²) in [5.41, 5.74) is 0.900. The molecule has 0 aliphatic heterocycles. The minimum absolute atomic E-state index is 0.00210. The minimum atomic E-state index is -0.806. The van der Waals surface area contributed by atoms with Gasteiger partial charge in [-0.3, -0.25) is 19.5 Å². The summed E-state index contributed by atoms with van der Waals surface area (Å²) in [6.45, 7) is 4.60. The molecule has 1 aromatic rings. The summed E-state index contributed by atoms with van der Waals surface area (Å²) in [5, 5.41) is 11.9. The predicted octanol–water partition coefficient (Wildman–Crippen LogP) is 1.24. The fraction of sp³-hybridized carbons (Fsp3) is 0.562. The maximum Gasteiger partial charge on any atom is 0.317 e. The third kappa shape index (κ3) is 4.04. The van der Waals surface area contributed by atoms with Gasteiger partial charge in [0.15, 0.2) is 0 Å². The van der Waals surface area contributed by atoms with Gasteiger partial charge in [0, 0.05) is 24.5 Å². The zero-order valence-corrected chi connectivity index (χ0v) is 13.0. The molecule has 22 heavy (non-hydrogen) atoms. The van der Waals surface area contributed by atoms with Crippen LogP contribution in [0, 0.1) is 0 Å². The second-order valence-corrected chi connectivity index (χ2v) is 5.80. The molecule has 0 unspecified atom stereocenters. The van der Waals surface area contributed by atoms with E-state index in [1.807, 2.05) is 30.9 Å². The Bertz CT molecular complexity index is 515. The number of nitrogens with one attached hydrogen (secondary N) is 1. The standard InChI is InChI=1S/C16H23N3O3/c1-3-19(10-15(20)21)14-7-13(8-14)18-16(22)11(2)12-5-4-6-17-9-12/h4-6,9,11,13-14H,3,7-8,10H2,1-2H3,(H,18,22)(H,20,21)/t11-,13?,14?/m1/s1.